The van der Waals surface area contributed by atoms with Crippen molar-refractivity contribution in [1.82, 2.24) is 4.90 Å². The normalized spacial score (nSPS) is 22.8. The first-order valence-electron chi connectivity index (χ1n) is 7.14. The molecule has 3 heteroatoms. The van der Waals surface area contributed by atoms with Gasteiger partial charge >= 0.3 is 0 Å². The Morgan fingerprint density at radius 1 is 1.29 bits per heavy atom. The van der Waals surface area contributed by atoms with Crippen molar-refractivity contribution in [2.24, 2.45) is 4.99 Å². The molecule has 0 amide bonds. The largest absolute Gasteiger partial charge is 0.347 e. The van der Waals surface area contributed by atoms with Crippen LogP contribution in [0.3, 0.4) is 0 Å². The van der Waals surface area contributed by atoms with E-state index in [2.05, 4.69) is 23.0 Å². The number of rotatable bonds is 5. The maximum absolute atomic E-state index is 6.18. The molecule has 0 saturated heterocycles. The molecule has 106 valence electrons. The van der Waals surface area contributed by atoms with E-state index in [0.717, 1.165) is 24.4 Å². The first-order valence-corrected chi connectivity index (χ1v) is 7.14. The zero-order valence-electron chi connectivity index (χ0n) is 11.9. The Morgan fingerprint density at radius 3 is 2.90 bits per heavy atom. The minimum atomic E-state index is -0.545. The molecule has 1 atom stereocenters. The van der Waals surface area contributed by atoms with Crippen molar-refractivity contribution in [3.8, 4) is 12.3 Å². The molecule has 2 heterocycles. The molecule has 2 aliphatic rings. The van der Waals surface area contributed by atoms with Crippen molar-refractivity contribution >= 4 is 5.84 Å². The van der Waals surface area contributed by atoms with Crippen molar-refractivity contribution < 1.29 is 4.74 Å². The van der Waals surface area contributed by atoms with Gasteiger partial charge in [0.05, 0.1) is 13.2 Å². The van der Waals surface area contributed by atoms with Crippen LogP contribution < -0.4 is 0 Å². The fraction of sp³-hybridized carbons (Fsp3) is 0.278. The van der Waals surface area contributed by atoms with Gasteiger partial charge in [0.1, 0.15) is 5.84 Å². The number of aliphatic imine (C=N–C) groups is 1. The zero-order valence-corrected chi connectivity index (χ0v) is 11.9. The van der Waals surface area contributed by atoms with E-state index in [1.165, 1.54) is 0 Å². The second-order valence-electron chi connectivity index (χ2n) is 5.22. The van der Waals surface area contributed by atoms with Crippen molar-refractivity contribution in [2.75, 3.05) is 6.54 Å². The van der Waals surface area contributed by atoms with Crippen LogP contribution in [0, 0.1) is 12.3 Å². The highest BCUT2D eigenvalue weighted by molar-refractivity contribution is 5.96. The van der Waals surface area contributed by atoms with Crippen LogP contribution in [0.4, 0.5) is 0 Å². The number of allylic oxidation sites excluding steroid dienone is 2. The third kappa shape index (κ3) is 3.07. The lowest BCUT2D eigenvalue weighted by Crippen LogP contribution is -2.36. The summed E-state index contributed by atoms with van der Waals surface area (Å²) in [5.74, 6) is 3.64. The fourth-order valence-corrected chi connectivity index (χ4v) is 2.56. The highest BCUT2D eigenvalue weighted by atomic mass is 16.5. The minimum absolute atomic E-state index is 0.545. The van der Waals surface area contributed by atoms with Crippen LogP contribution in [-0.2, 0) is 11.3 Å². The van der Waals surface area contributed by atoms with Crippen LogP contribution in [0.15, 0.2) is 59.8 Å². The number of hydrogen-bond acceptors (Lipinski definition) is 3. The van der Waals surface area contributed by atoms with Crippen molar-refractivity contribution in [3.63, 3.8) is 0 Å². The smallest absolute Gasteiger partial charge is 0.180 e. The number of benzene rings is 1. The highest BCUT2D eigenvalue weighted by Crippen LogP contribution is 2.30. The van der Waals surface area contributed by atoms with Crippen LogP contribution in [-0.4, -0.2) is 23.0 Å². The average Bonchev–Trinajstić information content (AvgIpc) is 2.91. The summed E-state index contributed by atoms with van der Waals surface area (Å²) in [5, 5.41) is 0. The number of hydrogen-bond donors (Lipinski definition) is 0. The van der Waals surface area contributed by atoms with Crippen LogP contribution in [0.2, 0.25) is 0 Å². The van der Waals surface area contributed by atoms with E-state index in [1.807, 2.05) is 42.6 Å². The lowest BCUT2D eigenvalue weighted by atomic mass is 10.1. The molecular weight excluding hydrogens is 260 g/mol. The highest BCUT2D eigenvalue weighted by Gasteiger charge is 2.38. The molecule has 3 rings (SSSR count). The number of fused-ring (bicyclic) bond motifs is 1. The summed E-state index contributed by atoms with van der Waals surface area (Å²) in [6, 6.07) is 10.2. The van der Waals surface area contributed by atoms with Gasteiger partial charge in [-0.1, -0.05) is 36.4 Å². The molecule has 0 bridgehead atoms. The number of ether oxygens (including phenoxy) is 1. The van der Waals surface area contributed by atoms with Crippen molar-refractivity contribution in [3.05, 3.63) is 60.3 Å². The summed E-state index contributed by atoms with van der Waals surface area (Å²) in [6.07, 6.45) is 14.8. The van der Waals surface area contributed by atoms with Crippen LogP contribution in [0.25, 0.3) is 0 Å². The van der Waals surface area contributed by atoms with Crippen LogP contribution >= 0.6 is 0 Å². The molecule has 0 aromatic heterocycles. The molecule has 0 fully saturated rings. The van der Waals surface area contributed by atoms with Gasteiger partial charge in [-0.15, -0.1) is 12.3 Å². The Morgan fingerprint density at radius 2 is 2.14 bits per heavy atom. The van der Waals surface area contributed by atoms with Crippen LogP contribution in [0.5, 0.6) is 0 Å². The van der Waals surface area contributed by atoms with Gasteiger partial charge in [-0.2, -0.15) is 0 Å². The molecule has 0 spiro atoms. The zero-order chi connectivity index (χ0) is 14.5. The van der Waals surface area contributed by atoms with E-state index in [9.17, 15) is 0 Å². The maximum atomic E-state index is 6.18. The first-order chi connectivity index (χ1) is 10.3. The SMILES string of the molecule is C#CCCC1(OCc2ccccc2)CN2C=CC=CC2=N1. The Hall–Kier alpha value is -2.31. The first kappa shape index (κ1) is 13.7. The molecular formula is C18H18N2O. The second-order valence-corrected chi connectivity index (χ2v) is 5.22. The Labute approximate surface area is 125 Å². The van der Waals surface area contributed by atoms with Crippen LogP contribution in [0.1, 0.15) is 18.4 Å². The third-order valence-electron chi connectivity index (χ3n) is 3.66. The molecule has 3 nitrogen and oxygen atoms in total. The predicted molar refractivity (Wildman–Crippen MR) is 84.5 cm³/mol. The fourth-order valence-electron chi connectivity index (χ4n) is 2.56. The quantitative estimate of drug-likeness (QED) is 0.773. The standard InChI is InChI=1S/C18H18N2O/c1-2-3-12-18(21-14-16-9-5-4-6-10-16)15-20-13-8-7-11-17(20)19-18/h1,4-11,13H,3,12,14-15H2. The molecule has 21 heavy (non-hydrogen) atoms. The molecule has 0 radical (unpaired) electrons. The molecule has 0 aliphatic carbocycles. The summed E-state index contributed by atoms with van der Waals surface area (Å²) in [6.45, 7) is 1.27. The lowest BCUT2D eigenvalue weighted by molar-refractivity contribution is -0.0525. The van der Waals surface area contributed by atoms with E-state index >= 15 is 0 Å². The number of terminal acetylenes is 1. The van der Waals surface area contributed by atoms with Gasteiger partial charge in [0, 0.05) is 19.0 Å². The summed E-state index contributed by atoms with van der Waals surface area (Å²) >= 11 is 0. The molecule has 2 aliphatic heterocycles. The minimum Gasteiger partial charge on any atom is -0.347 e. The van der Waals surface area contributed by atoms with Gasteiger partial charge in [-0.25, -0.2) is 4.99 Å². The van der Waals surface area contributed by atoms with E-state index in [0.29, 0.717) is 13.0 Å². The molecule has 1 unspecified atom stereocenters. The predicted octanol–water partition coefficient (Wildman–Crippen LogP) is 3.11. The van der Waals surface area contributed by atoms with E-state index in [4.69, 9.17) is 16.2 Å². The third-order valence-corrected chi connectivity index (χ3v) is 3.66. The van der Waals surface area contributed by atoms with Gasteiger partial charge < -0.3 is 9.64 Å². The van der Waals surface area contributed by atoms with Gasteiger partial charge in [-0.05, 0) is 17.7 Å². The van der Waals surface area contributed by atoms with Gasteiger partial charge in [-0.3, -0.25) is 0 Å². The summed E-state index contributed by atoms with van der Waals surface area (Å²) in [4.78, 5) is 6.89. The second kappa shape index (κ2) is 5.99. The van der Waals surface area contributed by atoms with Gasteiger partial charge in [0.25, 0.3) is 0 Å². The van der Waals surface area contributed by atoms with E-state index < -0.39 is 5.72 Å². The average molecular weight is 278 g/mol. The molecule has 1 aromatic carbocycles. The Kier molecular flexibility index (Phi) is 3.89. The number of nitrogens with zero attached hydrogens (tertiary/aromatic N) is 2. The van der Waals surface area contributed by atoms with Gasteiger partial charge in [0.15, 0.2) is 5.72 Å². The molecule has 0 saturated carbocycles. The van der Waals surface area contributed by atoms with Crippen molar-refractivity contribution in [2.45, 2.75) is 25.2 Å². The topological polar surface area (TPSA) is 24.8 Å². The van der Waals surface area contributed by atoms with Crippen molar-refractivity contribution in [1.29, 1.82) is 0 Å². The Bertz CT molecular complexity index is 624. The molecule has 0 N–H and O–H groups in total. The molecule has 1 aromatic rings. The van der Waals surface area contributed by atoms with E-state index in [-0.39, 0.29) is 0 Å². The Balaban J connectivity index is 1.76. The summed E-state index contributed by atoms with van der Waals surface area (Å²) < 4.78 is 6.18. The van der Waals surface area contributed by atoms with Gasteiger partial charge in [0.2, 0.25) is 0 Å². The lowest BCUT2D eigenvalue weighted by Gasteiger charge is -2.27. The van der Waals surface area contributed by atoms with E-state index in [1.54, 1.807) is 0 Å². The summed E-state index contributed by atoms with van der Waals surface area (Å²) in [5.41, 5.74) is 0.602. The summed E-state index contributed by atoms with van der Waals surface area (Å²) in [7, 11) is 0. The monoisotopic (exact) mass is 278 g/mol. The number of amidine groups is 1. The maximum Gasteiger partial charge on any atom is 0.180 e.